The van der Waals surface area contributed by atoms with Crippen molar-refractivity contribution < 1.29 is 0 Å². The first kappa shape index (κ1) is 23.5. The van der Waals surface area contributed by atoms with Gasteiger partial charge < -0.3 is 0 Å². The number of aryl methyl sites for hydroxylation is 1. The highest BCUT2D eigenvalue weighted by atomic mass is 14.4. The summed E-state index contributed by atoms with van der Waals surface area (Å²) in [6.45, 7) is 17.4. The predicted molar refractivity (Wildman–Crippen MR) is 163 cm³/mol. The monoisotopic (exact) mass is 478 g/mol. The molecule has 0 radical (unpaired) electrons. The minimum atomic E-state index is 0.00824. The van der Waals surface area contributed by atoms with Crippen LogP contribution in [0.5, 0.6) is 0 Å². The largest absolute Gasteiger partial charge is 0.0984 e. The topological polar surface area (TPSA) is 0 Å². The average Bonchev–Trinajstić information content (AvgIpc) is 3.14. The summed E-state index contributed by atoms with van der Waals surface area (Å²) in [5.41, 5.74) is 16.1. The van der Waals surface area contributed by atoms with Gasteiger partial charge in [0, 0.05) is 5.41 Å². The molecule has 0 spiro atoms. The molecule has 0 fully saturated rings. The van der Waals surface area contributed by atoms with E-state index in [0.29, 0.717) is 0 Å². The first-order valence-electron chi connectivity index (χ1n) is 13.3. The Labute approximate surface area is 221 Å². The Morgan fingerprint density at radius 3 is 2.32 bits per heavy atom. The number of fused-ring (bicyclic) bond motifs is 4. The van der Waals surface area contributed by atoms with E-state index in [1.165, 1.54) is 72.0 Å². The standard InChI is InChI=1S/C37H34/c1-7-25-21-23(3)36-32(27(25)8-2)16-12-17-33(36)29-15-11-14-28(24(29)4)26-19-20-31-30-13-9-10-18-34(30)37(5,6)35(31)22-26/h7-10,12-14,16-22H,1-2,11,15H2,3-6H3. The molecule has 0 nitrogen and oxygen atoms in total. The van der Waals surface area contributed by atoms with E-state index in [1.807, 2.05) is 12.2 Å². The molecule has 0 unspecified atom stereocenters. The average molecular weight is 479 g/mol. The first-order chi connectivity index (χ1) is 17.9. The van der Waals surface area contributed by atoms with E-state index < -0.39 is 0 Å². The molecule has 2 aliphatic rings. The van der Waals surface area contributed by atoms with Crippen molar-refractivity contribution in [1.29, 1.82) is 0 Å². The third kappa shape index (κ3) is 3.43. The van der Waals surface area contributed by atoms with Crippen molar-refractivity contribution in [3.63, 3.8) is 0 Å². The minimum absolute atomic E-state index is 0.00824. The number of benzene rings is 4. The molecule has 0 bridgehead atoms. The lowest BCUT2D eigenvalue weighted by atomic mass is 9.79. The zero-order valence-corrected chi connectivity index (χ0v) is 22.4. The van der Waals surface area contributed by atoms with Gasteiger partial charge in [-0.05, 0) is 110 Å². The van der Waals surface area contributed by atoms with Crippen LogP contribution in [-0.2, 0) is 5.41 Å². The fourth-order valence-electron chi connectivity index (χ4n) is 6.80. The summed E-state index contributed by atoms with van der Waals surface area (Å²) in [7, 11) is 0. The third-order valence-electron chi connectivity index (χ3n) is 8.68. The zero-order valence-electron chi connectivity index (χ0n) is 22.4. The number of rotatable bonds is 4. The highest BCUT2D eigenvalue weighted by Crippen LogP contribution is 2.50. The molecule has 0 saturated heterocycles. The Hall–Kier alpha value is -3.90. The Morgan fingerprint density at radius 1 is 0.784 bits per heavy atom. The fraction of sp³-hybridized carbons (Fsp3) is 0.189. The molecule has 0 N–H and O–H groups in total. The zero-order chi connectivity index (χ0) is 25.9. The van der Waals surface area contributed by atoms with Gasteiger partial charge in [0.25, 0.3) is 0 Å². The van der Waals surface area contributed by atoms with Gasteiger partial charge in [-0.3, -0.25) is 0 Å². The van der Waals surface area contributed by atoms with Crippen LogP contribution < -0.4 is 0 Å². The van der Waals surface area contributed by atoms with Crippen molar-refractivity contribution in [3.05, 3.63) is 130 Å². The van der Waals surface area contributed by atoms with E-state index in [4.69, 9.17) is 0 Å². The van der Waals surface area contributed by atoms with Crippen LogP contribution >= 0.6 is 0 Å². The Kier molecular flexibility index (Phi) is 5.46. The van der Waals surface area contributed by atoms with E-state index in [-0.39, 0.29) is 5.41 Å². The predicted octanol–water partition coefficient (Wildman–Crippen LogP) is 10.4. The quantitative estimate of drug-likeness (QED) is 0.274. The normalized spacial score (nSPS) is 15.8. The molecule has 0 atom stereocenters. The van der Waals surface area contributed by atoms with Gasteiger partial charge in [-0.2, -0.15) is 0 Å². The van der Waals surface area contributed by atoms with Gasteiger partial charge in [-0.1, -0.05) is 106 Å². The molecular weight excluding hydrogens is 444 g/mol. The summed E-state index contributed by atoms with van der Waals surface area (Å²) < 4.78 is 0. The van der Waals surface area contributed by atoms with E-state index in [0.717, 1.165) is 18.4 Å². The van der Waals surface area contributed by atoms with Crippen molar-refractivity contribution in [2.45, 2.75) is 46.0 Å². The fourth-order valence-corrected chi connectivity index (χ4v) is 6.80. The first-order valence-corrected chi connectivity index (χ1v) is 13.3. The van der Waals surface area contributed by atoms with Crippen LogP contribution in [0.25, 0.3) is 45.2 Å². The van der Waals surface area contributed by atoms with Gasteiger partial charge >= 0.3 is 0 Å². The summed E-state index contributed by atoms with van der Waals surface area (Å²) in [4.78, 5) is 0. The van der Waals surface area contributed by atoms with Crippen LogP contribution in [0.2, 0.25) is 0 Å². The van der Waals surface area contributed by atoms with Gasteiger partial charge in [-0.15, -0.1) is 0 Å². The molecule has 37 heavy (non-hydrogen) atoms. The number of allylic oxidation sites excluding steroid dienone is 4. The summed E-state index contributed by atoms with van der Waals surface area (Å²) >= 11 is 0. The van der Waals surface area contributed by atoms with Crippen LogP contribution in [0.3, 0.4) is 0 Å². The van der Waals surface area contributed by atoms with E-state index in [2.05, 4.69) is 114 Å². The van der Waals surface area contributed by atoms with Gasteiger partial charge in [0.15, 0.2) is 0 Å². The van der Waals surface area contributed by atoms with Gasteiger partial charge in [-0.25, -0.2) is 0 Å². The van der Waals surface area contributed by atoms with Crippen LogP contribution in [0, 0.1) is 6.92 Å². The third-order valence-corrected chi connectivity index (χ3v) is 8.68. The number of hydrogen-bond donors (Lipinski definition) is 0. The van der Waals surface area contributed by atoms with E-state index >= 15 is 0 Å². The van der Waals surface area contributed by atoms with Crippen molar-refractivity contribution in [3.8, 4) is 11.1 Å². The Bertz CT molecular complexity index is 1680. The number of hydrogen-bond acceptors (Lipinski definition) is 0. The summed E-state index contributed by atoms with van der Waals surface area (Å²) in [6, 6.07) is 25.0. The second kappa shape index (κ2) is 8.60. The molecule has 0 amide bonds. The summed E-state index contributed by atoms with van der Waals surface area (Å²) in [5, 5.41) is 2.60. The Morgan fingerprint density at radius 2 is 1.54 bits per heavy atom. The molecule has 182 valence electrons. The van der Waals surface area contributed by atoms with Crippen molar-refractivity contribution in [2.75, 3.05) is 0 Å². The summed E-state index contributed by atoms with van der Waals surface area (Å²) in [6.07, 6.45) is 8.47. The highest BCUT2D eigenvalue weighted by molar-refractivity contribution is 6.05. The van der Waals surface area contributed by atoms with Crippen molar-refractivity contribution in [2.24, 2.45) is 0 Å². The molecule has 0 aliphatic heterocycles. The molecule has 2 aliphatic carbocycles. The molecular formula is C37H34. The maximum absolute atomic E-state index is 4.11. The van der Waals surface area contributed by atoms with Crippen LogP contribution in [-0.4, -0.2) is 0 Å². The lowest BCUT2D eigenvalue weighted by Crippen LogP contribution is -2.15. The SMILES string of the molecule is C=Cc1cc(C)c2c(C3=C(C)C(c4ccc5c(c4)C(C)(C)c4ccccc4-5)=CCC3)cccc2c1C=C. The molecule has 0 saturated carbocycles. The summed E-state index contributed by atoms with van der Waals surface area (Å²) in [5.74, 6) is 0. The molecule has 6 rings (SSSR count). The second-order valence-corrected chi connectivity index (χ2v) is 11.0. The molecule has 0 heteroatoms. The van der Waals surface area contributed by atoms with E-state index in [9.17, 15) is 0 Å². The molecule has 0 aromatic heterocycles. The van der Waals surface area contributed by atoms with Gasteiger partial charge in [0.2, 0.25) is 0 Å². The molecule has 0 heterocycles. The van der Waals surface area contributed by atoms with Crippen molar-refractivity contribution in [1.82, 2.24) is 0 Å². The molecule has 4 aromatic rings. The van der Waals surface area contributed by atoms with Crippen LogP contribution in [0.1, 0.15) is 72.6 Å². The van der Waals surface area contributed by atoms with Gasteiger partial charge in [0.05, 0.1) is 0 Å². The lowest BCUT2D eigenvalue weighted by molar-refractivity contribution is 0.660. The van der Waals surface area contributed by atoms with E-state index in [1.54, 1.807) is 0 Å². The second-order valence-electron chi connectivity index (χ2n) is 11.0. The van der Waals surface area contributed by atoms with Gasteiger partial charge in [0.1, 0.15) is 0 Å². The van der Waals surface area contributed by atoms with Crippen LogP contribution in [0.15, 0.2) is 91.5 Å². The maximum Gasteiger partial charge on any atom is 0.0159 e. The lowest BCUT2D eigenvalue weighted by Gasteiger charge is -2.25. The molecule has 4 aromatic carbocycles. The maximum atomic E-state index is 4.11. The highest BCUT2D eigenvalue weighted by Gasteiger charge is 2.35. The van der Waals surface area contributed by atoms with Crippen molar-refractivity contribution >= 4 is 34.1 Å². The smallest absolute Gasteiger partial charge is 0.0159 e. The minimum Gasteiger partial charge on any atom is -0.0984 e. The Balaban J connectivity index is 1.51. The van der Waals surface area contributed by atoms with Crippen LogP contribution in [0.4, 0.5) is 0 Å².